The molecule has 0 unspecified atom stereocenters. The van der Waals surface area contributed by atoms with Crippen LogP contribution in [0.25, 0.3) is 0 Å². The van der Waals surface area contributed by atoms with Crippen molar-refractivity contribution in [3.05, 3.63) is 77.6 Å². The molecule has 1 saturated heterocycles. The van der Waals surface area contributed by atoms with Gasteiger partial charge in [-0.1, -0.05) is 60.2 Å². The number of nitrogens with zero attached hydrogens (tertiary/aromatic N) is 6. The third kappa shape index (κ3) is 5.10. The fourth-order valence-electron chi connectivity index (χ4n) is 3.95. The third-order valence-electron chi connectivity index (χ3n) is 5.67. The maximum Gasteiger partial charge on any atom is 0.247 e. The normalized spacial score (nSPS) is 16.2. The highest BCUT2D eigenvalue weighted by Crippen LogP contribution is 2.18. The lowest BCUT2D eigenvalue weighted by Gasteiger charge is -2.26. The van der Waals surface area contributed by atoms with Crippen LogP contribution in [0.1, 0.15) is 29.2 Å². The Bertz CT molecular complexity index is 926. The van der Waals surface area contributed by atoms with Gasteiger partial charge in [0.1, 0.15) is 12.4 Å². The Kier molecular flexibility index (Phi) is 6.49. The van der Waals surface area contributed by atoms with Gasteiger partial charge < -0.3 is 4.90 Å². The van der Waals surface area contributed by atoms with Crippen LogP contribution in [0.4, 0.5) is 0 Å². The summed E-state index contributed by atoms with van der Waals surface area (Å²) in [5.41, 5.74) is 3.69. The number of aryl methyl sites for hydroxylation is 1. The van der Waals surface area contributed by atoms with E-state index in [1.807, 2.05) is 35.2 Å². The van der Waals surface area contributed by atoms with E-state index in [1.165, 1.54) is 17.5 Å². The second-order valence-electron chi connectivity index (χ2n) is 7.94. The summed E-state index contributed by atoms with van der Waals surface area (Å²) in [6, 6.07) is 18.3. The quantitative estimate of drug-likeness (QED) is 0.632. The molecule has 30 heavy (non-hydrogen) atoms. The van der Waals surface area contributed by atoms with E-state index in [4.69, 9.17) is 0 Å². The van der Waals surface area contributed by atoms with Crippen LogP contribution in [-0.2, 0) is 17.8 Å². The molecule has 3 aromatic rings. The number of hydrogen-bond donors (Lipinski definition) is 0. The van der Waals surface area contributed by atoms with Gasteiger partial charge in [0.05, 0.1) is 0 Å². The molecule has 1 aliphatic heterocycles. The van der Waals surface area contributed by atoms with E-state index in [2.05, 4.69) is 51.6 Å². The van der Waals surface area contributed by atoms with Crippen LogP contribution in [0, 0.1) is 6.92 Å². The highest BCUT2D eigenvalue weighted by Gasteiger charge is 2.28. The summed E-state index contributed by atoms with van der Waals surface area (Å²) in [5.74, 6) is 0.0864. The number of carbonyl (C=O) groups is 1. The van der Waals surface area contributed by atoms with Crippen LogP contribution in [-0.4, -0.2) is 62.1 Å². The molecule has 0 bridgehead atoms. The standard InChI is InChI=1S/C23H28N6O/c1-19-8-10-21(11-9-19)17-27-12-5-13-28(15-14-27)23(30)22(29-18-24-25-26-29)16-20-6-3-2-4-7-20/h2-4,6-11,18,22H,5,12-17H2,1H3/t22-/m1/s1. The minimum atomic E-state index is -0.425. The molecule has 4 rings (SSSR count). The van der Waals surface area contributed by atoms with Gasteiger partial charge >= 0.3 is 0 Å². The molecule has 1 amide bonds. The largest absolute Gasteiger partial charge is 0.339 e. The number of carbonyl (C=O) groups excluding carboxylic acids is 1. The van der Waals surface area contributed by atoms with Gasteiger partial charge in [-0.05, 0) is 34.9 Å². The molecule has 156 valence electrons. The first-order valence-electron chi connectivity index (χ1n) is 10.5. The number of hydrogen-bond acceptors (Lipinski definition) is 5. The molecule has 0 saturated carbocycles. The van der Waals surface area contributed by atoms with Crippen LogP contribution in [0.2, 0.25) is 0 Å². The maximum absolute atomic E-state index is 13.4. The number of amides is 1. The van der Waals surface area contributed by atoms with E-state index in [0.29, 0.717) is 6.42 Å². The summed E-state index contributed by atoms with van der Waals surface area (Å²) in [4.78, 5) is 17.9. The lowest BCUT2D eigenvalue weighted by molar-refractivity contribution is -0.135. The van der Waals surface area contributed by atoms with Crippen LogP contribution in [0.5, 0.6) is 0 Å². The summed E-state index contributed by atoms with van der Waals surface area (Å²) in [7, 11) is 0. The second kappa shape index (κ2) is 9.63. The zero-order valence-corrected chi connectivity index (χ0v) is 17.4. The van der Waals surface area contributed by atoms with Crippen LogP contribution < -0.4 is 0 Å². The molecular formula is C23H28N6O. The van der Waals surface area contributed by atoms with Crippen molar-refractivity contribution in [3.8, 4) is 0 Å². The Morgan fingerprint density at radius 3 is 2.50 bits per heavy atom. The van der Waals surface area contributed by atoms with Crippen molar-refractivity contribution < 1.29 is 4.79 Å². The topological polar surface area (TPSA) is 67.2 Å². The SMILES string of the molecule is Cc1ccc(CN2CCCN(C(=O)[C@@H](Cc3ccccc3)n3cnnn3)CC2)cc1. The molecule has 7 heteroatoms. The highest BCUT2D eigenvalue weighted by molar-refractivity contribution is 5.80. The number of tetrazole rings is 1. The van der Waals surface area contributed by atoms with Crippen molar-refractivity contribution in [2.45, 2.75) is 32.4 Å². The summed E-state index contributed by atoms with van der Waals surface area (Å²) in [6.45, 7) is 6.37. The van der Waals surface area contributed by atoms with Crippen LogP contribution in [0.15, 0.2) is 60.9 Å². The van der Waals surface area contributed by atoms with Gasteiger partial charge in [-0.2, -0.15) is 0 Å². The average molecular weight is 405 g/mol. The van der Waals surface area contributed by atoms with Gasteiger partial charge in [0.25, 0.3) is 0 Å². The predicted octanol–water partition coefficient (Wildman–Crippen LogP) is 2.50. The molecule has 1 fully saturated rings. The average Bonchev–Trinajstić information content (AvgIpc) is 3.20. The third-order valence-corrected chi connectivity index (χ3v) is 5.67. The molecule has 7 nitrogen and oxygen atoms in total. The minimum absolute atomic E-state index is 0.0864. The first kappa shape index (κ1) is 20.2. The predicted molar refractivity (Wildman–Crippen MR) is 115 cm³/mol. The summed E-state index contributed by atoms with van der Waals surface area (Å²) < 4.78 is 1.59. The molecule has 0 radical (unpaired) electrons. The fraction of sp³-hybridized carbons (Fsp3) is 0.391. The molecular weight excluding hydrogens is 376 g/mol. The van der Waals surface area contributed by atoms with Gasteiger partial charge in [-0.25, -0.2) is 4.68 Å². The zero-order valence-electron chi connectivity index (χ0n) is 17.4. The number of benzene rings is 2. The number of aromatic nitrogens is 4. The Labute approximate surface area is 177 Å². The van der Waals surface area contributed by atoms with E-state index in [1.54, 1.807) is 4.68 Å². The summed E-state index contributed by atoms with van der Waals surface area (Å²) in [5, 5.41) is 11.5. The zero-order chi connectivity index (χ0) is 20.8. The van der Waals surface area contributed by atoms with Crippen molar-refractivity contribution in [3.63, 3.8) is 0 Å². The lowest BCUT2D eigenvalue weighted by Crippen LogP contribution is -2.40. The molecule has 0 aliphatic carbocycles. The van der Waals surface area contributed by atoms with E-state index >= 15 is 0 Å². The molecule has 1 aliphatic rings. The molecule has 0 spiro atoms. The summed E-state index contributed by atoms with van der Waals surface area (Å²) in [6.07, 6.45) is 3.08. The molecule has 2 heterocycles. The van der Waals surface area contributed by atoms with E-state index < -0.39 is 6.04 Å². The molecule has 1 aromatic heterocycles. The Morgan fingerprint density at radius 1 is 0.967 bits per heavy atom. The van der Waals surface area contributed by atoms with E-state index in [-0.39, 0.29) is 5.91 Å². The first-order valence-corrected chi connectivity index (χ1v) is 10.5. The lowest BCUT2D eigenvalue weighted by atomic mass is 10.0. The van der Waals surface area contributed by atoms with Crippen molar-refractivity contribution in [1.82, 2.24) is 30.0 Å². The van der Waals surface area contributed by atoms with E-state index in [9.17, 15) is 4.79 Å². The van der Waals surface area contributed by atoms with Gasteiger partial charge in [0, 0.05) is 39.1 Å². The molecule has 2 aromatic carbocycles. The monoisotopic (exact) mass is 404 g/mol. The fourth-order valence-corrected chi connectivity index (χ4v) is 3.95. The Balaban J connectivity index is 1.42. The van der Waals surface area contributed by atoms with E-state index in [0.717, 1.165) is 44.7 Å². The van der Waals surface area contributed by atoms with Crippen LogP contribution in [0.3, 0.4) is 0 Å². The maximum atomic E-state index is 13.4. The Morgan fingerprint density at radius 2 is 1.77 bits per heavy atom. The van der Waals surface area contributed by atoms with Gasteiger partial charge in [-0.15, -0.1) is 5.10 Å². The minimum Gasteiger partial charge on any atom is -0.339 e. The smallest absolute Gasteiger partial charge is 0.247 e. The molecule has 0 N–H and O–H groups in total. The van der Waals surface area contributed by atoms with Gasteiger partial charge in [0.15, 0.2) is 0 Å². The van der Waals surface area contributed by atoms with Gasteiger partial charge in [-0.3, -0.25) is 9.69 Å². The van der Waals surface area contributed by atoms with Crippen molar-refractivity contribution in [2.24, 2.45) is 0 Å². The highest BCUT2D eigenvalue weighted by atomic mass is 16.2. The van der Waals surface area contributed by atoms with Gasteiger partial charge in [0.2, 0.25) is 5.91 Å². The van der Waals surface area contributed by atoms with Crippen molar-refractivity contribution in [2.75, 3.05) is 26.2 Å². The van der Waals surface area contributed by atoms with Crippen molar-refractivity contribution >= 4 is 5.91 Å². The summed E-state index contributed by atoms with van der Waals surface area (Å²) >= 11 is 0. The van der Waals surface area contributed by atoms with Crippen LogP contribution >= 0.6 is 0 Å². The number of rotatable bonds is 6. The second-order valence-corrected chi connectivity index (χ2v) is 7.94. The van der Waals surface area contributed by atoms with Crippen molar-refractivity contribution in [1.29, 1.82) is 0 Å². The Hall–Kier alpha value is -3.06. The molecule has 1 atom stereocenters. The first-order chi connectivity index (χ1) is 14.7.